The van der Waals surface area contributed by atoms with Crippen LogP contribution < -0.4 is 5.73 Å². The highest BCUT2D eigenvalue weighted by Crippen LogP contribution is 2.43. The average molecular weight is 167 g/mol. The lowest BCUT2D eigenvalue weighted by molar-refractivity contribution is 0.117. The number of hydrogen-bond acceptors (Lipinski definition) is 1. The van der Waals surface area contributed by atoms with E-state index < -0.39 is 0 Å². The lowest BCUT2D eigenvalue weighted by atomic mass is 9.66. The lowest BCUT2D eigenvalue weighted by Gasteiger charge is -2.40. The van der Waals surface area contributed by atoms with Crippen LogP contribution in [-0.4, -0.2) is 6.04 Å². The zero-order chi connectivity index (χ0) is 8.55. The van der Waals surface area contributed by atoms with Crippen molar-refractivity contribution in [1.82, 2.24) is 0 Å². The van der Waals surface area contributed by atoms with Gasteiger partial charge in [-0.3, -0.25) is 0 Å². The molecule has 0 aromatic heterocycles. The Hall–Kier alpha value is -0.0400. The van der Waals surface area contributed by atoms with Gasteiger partial charge in [-0.2, -0.15) is 0 Å². The van der Waals surface area contributed by atoms with Gasteiger partial charge in [0.15, 0.2) is 0 Å². The van der Waals surface area contributed by atoms with Crippen LogP contribution in [0.25, 0.3) is 0 Å². The molecule has 2 N–H and O–H groups in total. The molecule has 1 heteroatoms. The summed E-state index contributed by atoms with van der Waals surface area (Å²) in [4.78, 5) is 0. The van der Waals surface area contributed by atoms with Crippen molar-refractivity contribution in [2.45, 2.75) is 51.5 Å². The molecule has 2 rings (SSSR count). The second kappa shape index (κ2) is 3.37. The Morgan fingerprint density at radius 2 is 1.33 bits per heavy atom. The molecule has 4 unspecified atom stereocenters. The molecule has 0 radical (unpaired) electrons. The summed E-state index contributed by atoms with van der Waals surface area (Å²) < 4.78 is 0. The molecule has 4 atom stereocenters. The van der Waals surface area contributed by atoms with Gasteiger partial charge in [0, 0.05) is 6.04 Å². The van der Waals surface area contributed by atoms with Gasteiger partial charge >= 0.3 is 0 Å². The molecule has 0 heterocycles. The van der Waals surface area contributed by atoms with Crippen LogP contribution >= 0.6 is 0 Å². The van der Waals surface area contributed by atoms with Gasteiger partial charge in [0.2, 0.25) is 0 Å². The fourth-order valence-electron chi connectivity index (χ4n) is 2.78. The van der Waals surface area contributed by atoms with Crippen molar-refractivity contribution < 1.29 is 0 Å². The van der Waals surface area contributed by atoms with Gasteiger partial charge < -0.3 is 5.73 Å². The Morgan fingerprint density at radius 3 is 1.92 bits per heavy atom. The molecule has 0 aromatic rings. The zero-order valence-corrected chi connectivity index (χ0v) is 8.13. The molecular weight excluding hydrogens is 146 g/mol. The van der Waals surface area contributed by atoms with Crippen LogP contribution in [0.5, 0.6) is 0 Å². The van der Waals surface area contributed by atoms with Gasteiger partial charge in [0.25, 0.3) is 0 Å². The number of fused-ring (bicyclic) bond motifs is 1. The van der Waals surface area contributed by atoms with Crippen molar-refractivity contribution in [2.24, 2.45) is 23.5 Å². The van der Waals surface area contributed by atoms with E-state index in [4.69, 9.17) is 5.73 Å². The first-order valence-corrected chi connectivity index (χ1v) is 5.53. The Kier molecular flexibility index (Phi) is 2.40. The summed E-state index contributed by atoms with van der Waals surface area (Å²) in [7, 11) is 0. The van der Waals surface area contributed by atoms with Crippen LogP contribution in [-0.2, 0) is 0 Å². The average Bonchev–Trinajstić information content (AvgIpc) is 2.01. The molecule has 70 valence electrons. The molecule has 1 nitrogen and oxygen atoms in total. The van der Waals surface area contributed by atoms with Crippen molar-refractivity contribution >= 4 is 0 Å². The fourth-order valence-corrected chi connectivity index (χ4v) is 2.78. The van der Waals surface area contributed by atoms with E-state index in [-0.39, 0.29) is 0 Å². The van der Waals surface area contributed by atoms with E-state index in [2.05, 4.69) is 6.92 Å². The van der Waals surface area contributed by atoms with E-state index in [0.717, 1.165) is 17.8 Å². The van der Waals surface area contributed by atoms with Crippen LogP contribution in [0.3, 0.4) is 0 Å². The highest BCUT2D eigenvalue weighted by atomic mass is 14.6. The van der Waals surface area contributed by atoms with Crippen molar-refractivity contribution in [3.8, 4) is 0 Å². The van der Waals surface area contributed by atoms with Crippen molar-refractivity contribution in [2.75, 3.05) is 0 Å². The molecular formula is C11H21N. The predicted octanol–water partition coefficient (Wildman–Crippen LogP) is 2.55. The molecule has 2 aliphatic rings. The smallest absolute Gasteiger partial charge is 0.00646 e. The SMILES string of the molecule is CC1CCC2CCC2CCC1N. The lowest BCUT2D eigenvalue weighted by Crippen LogP contribution is -2.36. The molecule has 0 amide bonds. The maximum Gasteiger partial charge on any atom is 0.00646 e. The molecule has 12 heavy (non-hydrogen) atoms. The van der Waals surface area contributed by atoms with Gasteiger partial charge in [0.05, 0.1) is 0 Å². The third kappa shape index (κ3) is 1.52. The predicted molar refractivity (Wildman–Crippen MR) is 51.8 cm³/mol. The molecule has 0 aromatic carbocycles. The molecule has 0 aliphatic heterocycles. The first-order valence-electron chi connectivity index (χ1n) is 5.53. The summed E-state index contributed by atoms with van der Waals surface area (Å²) in [5.41, 5.74) is 6.08. The second-order valence-electron chi connectivity index (χ2n) is 4.89. The van der Waals surface area contributed by atoms with Crippen LogP contribution in [0.4, 0.5) is 0 Å². The van der Waals surface area contributed by atoms with Crippen LogP contribution in [0.1, 0.15) is 45.4 Å². The normalized spacial score (nSPS) is 48.5. The van der Waals surface area contributed by atoms with Crippen molar-refractivity contribution in [1.29, 1.82) is 0 Å². The number of hydrogen-bond donors (Lipinski definition) is 1. The van der Waals surface area contributed by atoms with Crippen LogP contribution in [0, 0.1) is 17.8 Å². The Balaban J connectivity index is 1.90. The number of rotatable bonds is 0. The Labute approximate surface area is 75.7 Å². The van der Waals surface area contributed by atoms with Crippen molar-refractivity contribution in [3.63, 3.8) is 0 Å². The monoisotopic (exact) mass is 167 g/mol. The zero-order valence-electron chi connectivity index (χ0n) is 8.13. The van der Waals surface area contributed by atoms with Crippen LogP contribution in [0.15, 0.2) is 0 Å². The van der Waals surface area contributed by atoms with Crippen LogP contribution in [0.2, 0.25) is 0 Å². The highest BCUT2D eigenvalue weighted by Gasteiger charge is 2.33. The Morgan fingerprint density at radius 1 is 0.833 bits per heavy atom. The maximum atomic E-state index is 6.08. The third-order valence-electron chi connectivity index (χ3n) is 4.17. The fraction of sp³-hybridized carbons (Fsp3) is 1.00. The molecule has 0 saturated heterocycles. The van der Waals surface area contributed by atoms with E-state index >= 15 is 0 Å². The summed E-state index contributed by atoms with van der Waals surface area (Å²) in [6, 6.07) is 0.492. The first-order chi connectivity index (χ1) is 5.77. The van der Waals surface area contributed by atoms with E-state index in [9.17, 15) is 0 Å². The number of nitrogens with two attached hydrogens (primary N) is 1. The van der Waals surface area contributed by atoms with E-state index in [1.54, 1.807) is 0 Å². The van der Waals surface area contributed by atoms with Gasteiger partial charge in [0.1, 0.15) is 0 Å². The second-order valence-corrected chi connectivity index (χ2v) is 4.89. The Bertz CT molecular complexity index is 129. The van der Waals surface area contributed by atoms with Gasteiger partial charge in [-0.05, 0) is 56.3 Å². The first kappa shape index (κ1) is 8.55. The van der Waals surface area contributed by atoms with E-state index in [0.29, 0.717) is 6.04 Å². The standard InChI is InChI=1S/C11H21N/c1-8-2-3-9-4-5-10(9)6-7-11(8)12/h8-11H,2-7,12H2,1H3. The third-order valence-corrected chi connectivity index (χ3v) is 4.17. The van der Waals surface area contributed by atoms with Gasteiger partial charge in [-0.15, -0.1) is 0 Å². The summed E-state index contributed by atoms with van der Waals surface area (Å²) in [6.45, 7) is 2.32. The quantitative estimate of drug-likeness (QED) is 0.589. The van der Waals surface area contributed by atoms with Gasteiger partial charge in [-0.25, -0.2) is 0 Å². The summed E-state index contributed by atoms with van der Waals surface area (Å²) in [5, 5.41) is 0. The largest absolute Gasteiger partial charge is 0.327 e. The van der Waals surface area contributed by atoms with E-state index in [1.807, 2.05) is 0 Å². The summed E-state index contributed by atoms with van der Waals surface area (Å²) in [6.07, 6.45) is 8.53. The molecule has 0 bridgehead atoms. The minimum Gasteiger partial charge on any atom is -0.327 e. The maximum absolute atomic E-state index is 6.08. The van der Waals surface area contributed by atoms with Gasteiger partial charge in [-0.1, -0.05) is 6.92 Å². The van der Waals surface area contributed by atoms with E-state index in [1.165, 1.54) is 38.5 Å². The topological polar surface area (TPSA) is 26.0 Å². The summed E-state index contributed by atoms with van der Waals surface area (Å²) in [5.74, 6) is 2.91. The highest BCUT2D eigenvalue weighted by molar-refractivity contribution is 4.86. The molecule has 0 spiro atoms. The summed E-state index contributed by atoms with van der Waals surface area (Å²) >= 11 is 0. The molecule has 2 fully saturated rings. The molecule has 2 aliphatic carbocycles. The minimum absolute atomic E-state index is 0.492. The molecule has 2 saturated carbocycles. The minimum atomic E-state index is 0.492. The van der Waals surface area contributed by atoms with Crippen molar-refractivity contribution in [3.05, 3.63) is 0 Å².